The van der Waals surface area contributed by atoms with E-state index in [9.17, 15) is 9.59 Å². The predicted octanol–water partition coefficient (Wildman–Crippen LogP) is 4.47. The Morgan fingerprint density at radius 3 is 2.66 bits per heavy atom. The number of aromatic nitrogens is 1. The number of aryl methyl sites for hydroxylation is 2. The van der Waals surface area contributed by atoms with Crippen LogP contribution in [0.5, 0.6) is 0 Å². The van der Waals surface area contributed by atoms with E-state index in [2.05, 4.69) is 41.2 Å². The molecule has 0 spiro atoms. The summed E-state index contributed by atoms with van der Waals surface area (Å²) in [5, 5.41) is 4.31. The number of carbonyl (C=O) groups excluding carboxylic acids is 1. The number of amides is 2. The Hall–Kier alpha value is -2.34. The van der Waals surface area contributed by atoms with Crippen molar-refractivity contribution in [3.8, 4) is 0 Å². The Morgan fingerprint density at radius 1 is 1.12 bits per heavy atom. The number of likely N-dealkylation sites (tertiary alicyclic amines) is 1. The molecule has 2 heterocycles. The fraction of sp³-hybridized carbons (Fsp3) is 0.615. The highest BCUT2D eigenvalue weighted by Gasteiger charge is 2.29. The molecular weight excluding hydrogens is 400 g/mol. The van der Waals surface area contributed by atoms with Crippen LogP contribution in [-0.2, 0) is 6.54 Å². The number of benzene rings is 1. The van der Waals surface area contributed by atoms with Gasteiger partial charge >= 0.3 is 6.03 Å². The SMILES string of the molecule is CCN1CCC[C@H]1CN(Cc1cc2cc(C)cc(C)c2[nH]c1=O)C(=O)NC1CCCCC1. The van der Waals surface area contributed by atoms with Crippen molar-refractivity contribution in [2.75, 3.05) is 19.6 Å². The average molecular weight is 439 g/mol. The number of nitrogens with zero attached hydrogens (tertiary/aromatic N) is 2. The molecule has 6 nitrogen and oxygen atoms in total. The van der Waals surface area contributed by atoms with Crippen LogP contribution in [0.3, 0.4) is 0 Å². The lowest BCUT2D eigenvalue weighted by atomic mass is 9.96. The number of H-pyrrole nitrogens is 1. The number of nitrogens with one attached hydrogen (secondary N) is 2. The first kappa shape index (κ1) is 22.8. The summed E-state index contributed by atoms with van der Waals surface area (Å²) in [4.78, 5) is 33.7. The van der Waals surface area contributed by atoms with Gasteiger partial charge in [0.25, 0.3) is 5.56 Å². The largest absolute Gasteiger partial charge is 0.335 e. The van der Waals surface area contributed by atoms with Crippen molar-refractivity contribution in [2.45, 2.75) is 84.3 Å². The number of fused-ring (bicyclic) bond motifs is 1. The second-order valence-corrected chi connectivity index (χ2v) is 9.76. The van der Waals surface area contributed by atoms with Crippen molar-refractivity contribution in [2.24, 2.45) is 0 Å². The molecule has 2 N–H and O–H groups in total. The molecule has 2 aliphatic rings. The molecule has 0 unspecified atom stereocenters. The van der Waals surface area contributed by atoms with Gasteiger partial charge < -0.3 is 15.2 Å². The van der Waals surface area contributed by atoms with Gasteiger partial charge in [-0.05, 0) is 75.7 Å². The molecule has 174 valence electrons. The molecular formula is C26H38N4O2. The van der Waals surface area contributed by atoms with Crippen LogP contribution in [0.2, 0.25) is 0 Å². The first-order chi connectivity index (χ1) is 15.4. The molecule has 1 aliphatic heterocycles. The van der Waals surface area contributed by atoms with E-state index in [-0.39, 0.29) is 17.6 Å². The fourth-order valence-corrected chi connectivity index (χ4v) is 5.56. The van der Waals surface area contributed by atoms with Gasteiger partial charge in [0, 0.05) is 24.2 Å². The summed E-state index contributed by atoms with van der Waals surface area (Å²) in [6, 6.07) is 6.75. The van der Waals surface area contributed by atoms with E-state index in [1.54, 1.807) is 0 Å². The number of aromatic amines is 1. The fourth-order valence-electron chi connectivity index (χ4n) is 5.56. The van der Waals surface area contributed by atoms with Gasteiger partial charge in [-0.2, -0.15) is 0 Å². The molecule has 2 amide bonds. The minimum absolute atomic E-state index is 0.0280. The quantitative estimate of drug-likeness (QED) is 0.699. The Bertz CT molecular complexity index is 1010. The third-order valence-corrected chi connectivity index (χ3v) is 7.29. The number of hydrogen-bond acceptors (Lipinski definition) is 3. The molecule has 4 rings (SSSR count). The summed E-state index contributed by atoms with van der Waals surface area (Å²) in [5.74, 6) is 0. The summed E-state index contributed by atoms with van der Waals surface area (Å²) < 4.78 is 0. The van der Waals surface area contributed by atoms with Crippen LogP contribution in [0.15, 0.2) is 23.0 Å². The van der Waals surface area contributed by atoms with E-state index >= 15 is 0 Å². The van der Waals surface area contributed by atoms with Gasteiger partial charge in [0.1, 0.15) is 0 Å². The van der Waals surface area contributed by atoms with Gasteiger partial charge in [0.2, 0.25) is 0 Å². The van der Waals surface area contributed by atoms with Crippen LogP contribution in [-0.4, -0.2) is 52.5 Å². The number of likely N-dealkylation sites (N-methyl/N-ethyl adjacent to an activating group) is 1. The molecule has 6 heteroatoms. The molecule has 1 saturated heterocycles. The standard InChI is InChI=1S/C26H38N4O2/c1-4-29-12-8-11-23(29)17-30(26(32)27-22-9-6-5-7-10-22)16-21-15-20-14-18(2)13-19(3)24(20)28-25(21)31/h13-15,22-23H,4-12,16-17H2,1-3H3,(H,27,32)(H,28,31)/t23-/m0/s1. The normalized spacial score (nSPS) is 20.0. The monoisotopic (exact) mass is 438 g/mol. The lowest BCUT2D eigenvalue weighted by Crippen LogP contribution is -2.50. The van der Waals surface area contributed by atoms with Crippen LogP contribution in [0.1, 0.15) is 68.6 Å². The van der Waals surface area contributed by atoms with Crippen LogP contribution in [0.4, 0.5) is 4.79 Å². The highest BCUT2D eigenvalue weighted by Crippen LogP contribution is 2.22. The van der Waals surface area contributed by atoms with E-state index in [0.29, 0.717) is 24.7 Å². The van der Waals surface area contributed by atoms with Crippen LogP contribution >= 0.6 is 0 Å². The van der Waals surface area contributed by atoms with E-state index in [4.69, 9.17) is 0 Å². The van der Waals surface area contributed by atoms with Crippen LogP contribution in [0, 0.1) is 13.8 Å². The molecule has 1 atom stereocenters. The molecule has 0 radical (unpaired) electrons. The Balaban J connectivity index is 1.59. The first-order valence-corrected chi connectivity index (χ1v) is 12.4. The molecule has 2 fully saturated rings. The molecule has 0 bridgehead atoms. The summed E-state index contributed by atoms with van der Waals surface area (Å²) in [7, 11) is 0. The minimum Gasteiger partial charge on any atom is -0.335 e. The molecule has 32 heavy (non-hydrogen) atoms. The summed E-state index contributed by atoms with van der Waals surface area (Å²) in [6.45, 7) is 9.37. The van der Waals surface area contributed by atoms with Crippen LogP contribution in [0.25, 0.3) is 10.9 Å². The molecule has 1 aromatic heterocycles. The maximum absolute atomic E-state index is 13.4. The molecule has 2 aromatic rings. The highest BCUT2D eigenvalue weighted by atomic mass is 16.2. The van der Waals surface area contributed by atoms with Gasteiger partial charge in [0.05, 0.1) is 12.1 Å². The Labute approximate surface area is 191 Å². The lowest BCUT2D eigenvalue weighted by molar-refractivity contribution is 0.159. The van der Waals surface area contributed by atoms with Gasteiger partial charge in [-0.3, -0.25) is 9.69 Å². The Morgan fingerprint density at radius 2 is 1.91 bits per heavy atom. The molecule has 1 saturated carbocycles. The van der Waals surface area contributed by atoms with Crippen molar-refractivity contribution in [1.29, 1.82) is 0 Å². The number of pyridine rings is 1. The third-order valence-electron chi connectivity index (χ3n) is 7.29. The van der Waals surface area contributed by atoms with E-state index in [0.717, 1.165) is 48.8 Å². The third kappa shape index (κ3) is 5.17. The van der Waals surface area contributed by atoms with E-state index < -0.39 is 0 Å². The number of hydrogen-bond donors (Lipinski definition) is 2. The summed E-state index contributed by atoms with van der Waals surface area (Å²) >= 11 is 0. The zero-order chi connectivity index (χ0) is 22.7. The maximum Gasteiger partial charge on any atom is 0.317 e. The zero-order valence-corrected chi connectivity index (χ0v) is 19.9. The zero-order valence-electron chi connectivity index (χ0n) is 19.9. The van der Waals surface area contributed by atoms with Crippen molar-refractivity contribution in [1.82, 2.24) is 20.1 Å². The van der Waals surface area contributed by atoms with Crippen molar-refractivity contribution < 1.29 is 4.79 Å². The van der Waals surface area contributed by atoms with E-state index in [1.807, 2.05) is 17.9 Å². The van der Waals surface area contributed by atoms with Gasteiger partial charge in [-0.15, -0.1) is 0 Å². The lowest BCUT2D eigenvalue weighted by Gasteiger charge is -2.32. The highest BCUT2D eigenvalue weighted by molar-refractivity contribution is 5.83. The number of urea groups is 1. The van der Waals surface area contributed by atoms with E-state index in [1.165, 1.54) is 31.2 Å². The van der Waals surface area contributed by atoms with Gasteiger partial charge in [0.15, 0.2) is 0 Å². The predicted molar refractivity (Wildman–Crippen MR) is 130 cm³/mol. The summed E-state index contributed by atoms with van der Waals surface area (Å²) in [5.41, 5.74) is 3.68. The molecule has 1 aliphatic carbocycles. The molecule has 1 aromatic carbocycles. The summed E-state index contributed by atoms with van der Waals surface area (Å²) in [6.07, 6.45) is 8.01. The van der Waals surface area contributed by atoms with Gasteiger partial charge in [-0.1, -0.05) is 37.8 Å². The average Bonchev–Trinajstić information content (AvgIpc) is 3.22. The number of rotatable bonds is 6. The van der Waals surface area contributed by atoms with Crippen molar-refractivity contribution in [3.63, 3.8) is 0 Å². The second-order valence-electron chi connectivity index (χ2n) is 9.76. The smallest absolute Gasteiger partial charge is 0.317 e. The van der Waals surface area contributed by atoms with Crippen LogP contribution < -0.4 is 10.9 Å². The topological polar surface area (TPSA) is 68.4 Å². The first-order valence-electron chi connectivity index (χ1n) is 12.4. The minimum atomic E-state index is -0.0984. The van der Waals surface area contributed by atoms with Crippen molar-refractivity contribution in [3.05, 3.63) is 45.2 Å². The second kappa shape index (κ2) is 10.1. The number of carbonyl (C=O) groups is 1. The maximum atomic E-state index is 13.4. The Kier molecular flexibility index (Phi) is 7.19. The van der Waals surface area contributed by atoms with Gasteiger partial charge in [-0.25, -0.2) is 4.79 Å². The van der Waals surface area contributed by atoms with Crippen molar-refractivity contribution >= 4 is 16.9 Å².